The van der Waals surface area contributed by atoms with Crippen LogP contribution in [0, 0.1) is 5.82 Å². The van der Waals surface area contributed by atoms with E-state index in [-0.39, 0.29) is 23.0 Å². The maximum Gasteiger partial charge on any atom is 0.319 e. The van der Waals surface area contributed by atoms with Gasteiger partial charge in [0.05, 0.1) is 5.39 Å². The molecule has 0 radical (unpaired) electrons. The van der Waals surface area contributed by atoms with Gasteiger partial charge in [-0.05, 0) is 55.0 Å². The smallest absolute Gasteiger partial charge is 0.319 e. The Balaban J connectivity index is 1.24. The summed E-state index contributed by atoms with van der Waals surface area (Å²) in [6, 6.07) is 12.9. The number of pyridine rings is 1. The highest BCUT2D eigenvalue weighted by Crippen LogP contribution is 2.38. The highest BCUT2D eigenvalue weighted by atomic mass is 19.1. The van der Waals surface area contributed by atoms with Crippen LogP contribution in [0.25, 0.3) is 32.9 Å². The summed E-state index contributed by atoms with van der Waals surface area (Å²) >= 11 is 0. The first-order valence-electron chi connectivity index (χ1n) is 14.1. The molecule has 4 aromatic rings. The van der Waals surface area contributed by atoms with Gasteiger partial charge in [-0.25, -0.2) is 4.39 Å². The van der Waals surface area contributed by atoms with E-state index in [2.05, 4.69) is 25.1 Å². The van der Waals surface area contributed by atoms with Crippen molar-refractivity contribution < 1.29 is 14.2 Å². The number of ether oxygens (including phenoxy) is 1. The minimum absolute atomic E-state index is 0.0644. The number of rotatable bonds is 5. The van der Waals surface area contributed by atoms with Crippen molar-refractivity contribution in [2.45, 2.75) is 56.3 Å². The lowest BCUT2D eigenvalue weighted by Crippen LogP contribution is -2.51. The maximum atomic E-state index is 16.4. The summed E-state index contributed by atoms with van der Waals surface area (Å²) in [5, 5.41) is 16.3. The number of halogens is 1. The van der Waals surface area contributed by atoms with Crippen LogP contribution in [0.2, 0.25) is 0 Å². The van der Waals surface area contributed by atoms with Crippen molar-refractivity contribution in [2.24, 2.45) is 0 Å². The molecule has 4 atom stereocenters. The fourth-order valence-electron chi connectivity index (χ4n) is 7.13. The molecule has 2 bridgehead atoms. The van der Waals surface area contributed by atoms with E-state index in [1.54, 1.807) is 18.3 Å². The van der Waals surface area contributed by atoms with E-state index < -0.39 is 5.82 Å². The lowest BCUT2D eigenvalue weighted by Gasteiger charge is -2.38. The van der Waals surface area contributed by atoms with Gasteiger partial charge in [0.25, 0.3) is 0 Å². The zero-order chi connectivity index (χ0) is 26.1. The number of aromatic nitrogens is 3. The second-order valence-corrected chi connectivity index (χ2v) is 11.5. The lowest BCUT2D eigenvalue weighted by atomic mass is 10.0. The number of hydrogen-bond acceptors (Lipinski definition) is 8. The second kappa shape index (κ2) is 8.99. The summed E-state index contributed by atoms with van der Waals surface area (Å²) in [6.07, 6.45) is 7.53. The number of hydrogen-bond donors (Lipinski definition) is 2. The summed E-state index contributed by atoms with van der Waals surface area (Å²) in [6.45, 7) is 3.24. The van der Waals surface area contributed by atoms with Crippen LogP contribution in [0.4, 0.5) is 10.2 Å². The SMILES string of the molecule is Oc1cc(-c2ncc3c(N4CC5CCC(C4)N5)nc(OC[C@@H]4CCC5CCN54)nc3c2F)c2ccccc2c1. The monoisotopic (exact) mass is 526 g/mol. The summed E-state index contributed by atoms with van der Waals surface area (Å²) in [7, 11) is 0. The van der Waals surface area contributed by atoms with Gasteiger partial charge in [0.1, 0.15) is 29.4 Å². The van der Waals surface area contributed by atoms with E-state index in [1.165, 1.54) is 12.8 Å². The van der Waals surface area contributed by atoms with Gasteiger partial charge in [0.15, 0.2) is 5.82 Å². The Kier molecular flexibility index (Phi) is 5.38. The Labute approximate surface area is 225 Å². The number of anilines is 1. The molecule has 2 N–H and O–H groups in total. The quantitative estimate of drug-likeness (QED) is 0.399. The molecule has 200 valence electrons. The summed E-state index contributed by atoms with van der Waals surface area (Å²) < 4.78 is 22.7. The van der Waals surface area contributed by atoms with E-state index in [9.17, 15) is 5.11 Å². The minimum atomic E-state index is -0.529. The van der Waals surface area contributed by atoms with Crippen LogP contribution in [0.1, 0.15) is 32.1 Å². The molecule has 0 amide bonds. The molecule has 8 rings (SSSR count). The van der Waals surface area contributed by atoms with Gasteiger partial charge in [-0.2, -0.15) is 9.97 Å². The molecule has 2 aromatic carbocycles. The van der Waals surface area contributed by atoms with E-state index in [1.807, 2.05) is 24.3 Å². The van der Waals surface area contributed by atoms with Crippen LogP contribution in [0.3, 0.4) is 0 Å². The van der Waals surface area contributed by atoms with E-state index in [0.717, 1.165) is 49.7 Å². The third kappa shape index (κ3) is 3.90. The lowest BCUT2D eigenvalue weighted by molar-refractivity contribution is 0.0667. The van der Waals surface area contributed by atoms with Gasteiger partial charge in [0, 0.05) is 55.6 Å². The minimum Gasteiger partial charge on any atom is -0.508 e. The van der Waals surface area contributed by atoms with Crippen molar-refractivity contribution in [3.63, 3.8) is 0 Å². The molecular weight excluding hydrogens is 495 g/mol. The molecule has 9 heteroatoms. The first kappa shape index (κ1) is 23.3. The topological polar surface area (TPSA) is 86.6 Å². The molecule has 0 aliphatic carbocycles. The summed E-state index contributed by atoms with van der Waals surface area (Å²) in [5.74, 6) is 0.216. The molecule has 39 heavy (non-hydrogen) atoms. The largest absolute Gasteiger partial charge is 0.508 e. The second-order valence-electron chi connectivity index (χ2n) is 11.5. The van der Waals surface area contributed by atoms with Gasteiger partial charge < -0.3 is 20.1 Å². The van der Waals surface area contributed by atoms with Crippen molar-refractivity contribution in [3.8, 4) is 23.0 Å². The standard InChI is InChI=1S/C30H31FN6O2/c31-26-27(24-12-22(38)11-17-3-1-2-4-23(17)24)32-13-25-28(26)34-30(39-16-21-8-7-20-9-10-37(20)21)35-29(25)36-14-18-5-6-19(15-36)33-18/h1-4,11-13,18-21,33,38H,5-10,14-16H2/t18?,19?,20?,21-/m0/s1. The summed E-state index contributed by atoms with van der Waals surface area (Å²) in [5.41, 5.74) is 0.888. The van der Waals surface area contributed by atoms with E-state index >= 15 is 4.39 Å². The van der Waals surface area contributed by atoms with Gasteiger partial charge in [-0.1, -0.05) is 24.3 Å². The molecule has 2 aromatic heterocycles. The summed E-state index contributed by atoms with van der Waals surface area (Å²) in [4.78, 5) is 18.8. The van der Waals surface area contributed by atoms with Crippen molar-refractivity contribution in [1.29, 1.82) is 0 Å². The van der Waals surface area contributed by atoms with Gasteiger partial charge in [0.2, 0.25) is 0 Å². The zero-order valence-electron chi connectivity index (χ0n) is 21.7. The molecule has 4 fully saturated rings. The third-order valence-electron chi connectivity index (χ3n) is 9.16. The number of fused-ring (bicyclic) bond motifs is 5. The van der Waals surface area contributed by atoms with Crippen LogP contribution in [0.15, 0.2) is 42.6 Å². The van der Waals surface area contributed by atoms with Crippen molar-refractivity contribution >= 4 is 27.5 Å². The molecule has 4 saturated heterocycles. The molecule has 6 heterocycles. The number of aromatic hydroxyl groups is 1. The average Bonchev–Trinajstić information content (AvgIpc) is 3.42. The van der Waals surface area contributed by atoms with Crippen LogP contribution in [0.5, 0.6) is 11.8 Å². The first-order valence-corrected chi connectivity index (χ1v) is 14.1. The number of phenols is 1. The van der Waals surface area contributed by atoms with Gasteiger partial charge in [-0.15, -0.1) is 0 Å². The molecule has 0 spiro atoms. The van der Waals surface area contributed by atoms with Crippen molar-refractivity contribution in [1.82, 2.24) is 25.2 Å². The number of phenolic OH excluding ortho intramolecular Hbond substituents is 1. The van der Waals surface area contributed by atoms with Gasteiger partial charge in [-0.3, -0.25) is 9.88 Å². The Morgan fingerprint density at radius 2 is 1.85 bits per heavy atom. The fourth-order valence-corrected chi connectivity index (χ4v) is 7.13. The highest BCUT2D eigenvalue weighted by molar-refractivity contribution is 5.99. The molecular formula is C30H31FN6O2. The number of piperazine rings is 1. The Morgan fingerprint density at radius 3 is 2.64 bits per heavy atom. The predicted molar refractivity (Wildman–Crippen MR) is 148 cm³/mol. The molecule has 0 saturated carbocycles. The average molecular weight is 527 g/mol. The van der Waals surface area contributed by atoms with Crippen molar-refractivity contribution in [2.75, 3.05) is 31.1 Å². The number of benzene rings is 2. The van der Waals surface area contributed by atoms with Crippen LogP contribution < -0.4 is 15.0 Å². The Morgan fingerprint density at radius 1 is 1.00 bits per heavy atom. The molecule has 4 aliphatic rings. The van der Waals surface area contributed by atoms with Crippen LogP contribution >= 0.6 is 0 Å². The third-order valence-corrected chi connectivity index (χ3v) is 9.16. The highest BCUT2D eigenvalue weighted by Gasteiger charge is 2.40. The number of nitrogens with one attached hydrogen (secondary N) is 1. The number of nitrogens with zero attached hydrogens (tertiary/aromatic N) is 5. The van der Waals surface area contributed by atoms with Gasteiger partial charge >= 0.3 is 6.01 Å². The predicted octanol–water partition coefficient (Wildman–Crippen LogP) is 4.25. The Hall–Kier alpha value is -3.56. The van der Waals surface area contributed by atoms with Crippen LogP contribution in [-0.4, -0.2) is 75.4 Å². The zero-order valence-corrected chi connectivity index (χ0v) is 21.7. The van der Waals surface area contributed by atoms with Crippen LogP contribution in [-0.2, 0) is 0 Å². The molecule has 4 aliphatic heterocycles. The Bertz CT molecular complexity index is 1590. The van der Waals surface area contributed by atoms with E-state index in [0.29, 0.717) is 47.5 Å². The maximum absolute atomic E-state index is 16.4. The molecule has 3 unspecified atom stereocenters. The fraction of sp³-hybridized carbons (Fsp3) is 0.433. The normalized spacial score (nSPS) is 26.2. The van der Waals surface area contributed by atoms with E-state index in [4.69, 9.17) is 9.72 Å². The molecule has 8 nitrogen and oxygen atoms in total. The first-order chi connectivity index (χ1) is 19.1. The van der Waals surface area contributed by atoms with Crippen molar-refractivity contribution in [3.05, 3.63) is 48.4 Å².